The van der Waals surface area contributed by atoms with Gasteiger partial charge in [-0.1, -0.05) is 39.0 Å². The monoisotopic (exact) mass is 638 g/mol. The van der Waals surface area contributed by atoms with Crippen molar-refractivity contribution in [2.24, 2.45) is 46.3 Å². The van der Waals surface area contributed by atoms with Crippen LogP contribution in [0.15, 0.2) is 35.2 Å². The zero-order valence-electron chi connectivity index (χ0n) is 25.0. The van der Waals surface area contributed by atoms with Crippen LogP contribution in [0.3, 0.4) is 0 Å². The summed E-state index contributed by atoms with van der Waals surface area (Å²) in [6.07, 6.45) is -9.36. The van der Waals surface area contributed by atoms with E-state index in [-0.39, 0.29) is 58.2 Å². The predicted molar refractivity (Wildman–Crippen MR) is 149 cm³/mol. The van der Waals surface area contributed by atoms with Gasteiger partial charge in [-0.15, -0.1) is 0 Å². The third-order valence-electron chi connectivity index (χ3n) is 12.9. The van der Waals surface area contributed by atoms with Gasteiger partial charge in [0.05, 0.1) is 10.1 Å². The Hall–Kier alpha value is -1.33. The summed E-state index contributed by atoms with van der Waals surface area (Å²) < 4.78 is 109. The topological polar surface area (TPSA) is 74.6 Å². The first-order valence-electron chi connectivity index (χ1n) is 15.6. The number of aliphatic hydroxyl groups excluding tert-OH is 1. The Bertz CT molecular complexity index is 1270. The van der Waals surface area contributed by atoms with Crippen molar-refractivity contribution in [3.8, 4) is 0 Å². The molecule has 2 unspecified atom stereocenters. The Labute approximate surface area is 250 Å². The van der Waals surface area contributed by atoms with E-state index in [2.05, 4.69) is 13.8 Å². The van der Waals surface area contributed by atoms with Crippen molar-refractivity contribution in [2.45, 2.75) is 119 Å². The number of hydrogen-bond donors (Lipinski definition) is 2. The number of fused-ring (bicyclic) bond motifs is 5. The minimum absolute atomic E-state index is 0.0630. The van der Waals surface area contributed by atoms with E-state index in [0.29, 0.717) is 19.3 Å². The number of sulfone groups is 1. The third kappa shape index (κ3) is 5.45. The van der Waals surface area contributed by atoms with Crippen molar-refractivity contribution in [3.63, 3.8) is 0 Å². The van der Waals surface area contributed by atoms with E-state index in [1.165, 1.54) is 24.3 Å². The van der Waals surface area contributed by atoms with Crippen LogP contribution in [-0.2, 0) is 9.84 Å². The number of rotatable bonds is 6. The fraction of sp³-hybridized carbons (Fsp3) is 0.812. The maximum absolute atomic E-state index is 13.8. The highest BCUT2D eigenvalue weighted by molar-refractivity contribution is 7.92. The summed E-state index contributed by atoms with van der Waals surface area (Å²) in [5.74, 6) is -0.468. The standard InChI is InChI=1S/C32H44F6O4S/c1-19(26(17-27(39)31(33,34)35)43(41,42)21-7-5-4-6-8-21)23-11-12-24-22-10-9-20-18-30(40,32(36,37)38)16-15-28(20,2)25(22)13-14-29(23,24)3/h4-8,19-20,22-27,39-40H,9-18H2,1-3H3/t19-,20-,22-,23+,24-,25-,26?,27?,28-,29+,30-/m0/s1. The highest BCUT2D eigenvalue weighted by atomic mass is 32.2. The van der Waals surface area contributed by atoms with Gasteiger partial charge in [0, 0.05) is 0 Å². The van der Waals surface area contributed by atoms with E-state index in [0.717, 1.165) is 25.7 Å². The van der Waals surface area contributed by atoms with Crippen molar-refractivity contribution >= 4 is 9.84 Å². The maximum Gasteiger partial charge on any atom is 0.417 e. The third-order valence-corrected chi connectivity index (χ3v) is 15.2. The first-order valence-corrected chi connectivity index (χ1v) is 17.1. The van der Waals surface area contributed by atoms with Gasteiger partial charge in [0.25, 0.3) is 0 Å². The molecular weight excluding hydrogens is 594 g/mol. The summed E-state index contributed by atoms with van der Waals surface area (Å²) in [7, 11) is -4.21. The molecule has 4 aliphatic rings. The summed E-state index contributed by atoms with van der Waals surface area (Å²) in [4.78, 5) is -0.0630. The number of alkyl halides is 6. The van der Waals surface area contributed by atoms with Crippen LogP contribution < -0.4 is 0 Å². The smallest absolute Gasteiger partial charge is 0.384 e. The van der Waals surface area contributed by atoms with Crippen LogP contribution in [0, 0.1) is 46.3 Å². The summed E-state index contributed by atoms with van der Waals surface area (Å²) in [6, 6.07) is 7.45. The van der Waals surface area contributed by atoms with Crippen molar-refractivity contribution in [1.29, 1.82) is 0 Å². The summed E-state index contributed by atoms with van der Waals surface area (Å²) in [5, 5.41) is 19.1. The molecule has 5 rings (SSSR count). The molecule has 4 fully saturated rings. The molecular formula is C32H44F6O4S. The lowest BCUT2D eigenvalue weighted by molar-refractivity contribution is -0.290. The average Bonchev–Trinajstić information content (AvgIpc) is 3.28. The molecule has 244 valence electrons. The number of hydrogen-bond acceptors (Lipinski definition) is 4. The average molecular weight is 639 g/mol. The summed E-state index contributed by atoms with van der Waals surface area (Å²) in [6.45, 7) is 5.94. The van der Waals surface area contributed by atoms with Crippen LogP contribution in [0.1, 0.15) is 85.0 Å². The number of aliphatic hydroxyl groups is 2. The normalized spacial score (nSPS) is 40.6. The van der Waals surface area contributed by atoms with Crippen LogP contribution in [-0.4, -0.2) is 47.9 Å². The van der Waals surface area contributed by atoms with Gasteiger partial charge < -0.3 is 10.2 Å². The minimum atomic E-state index is -4.95. The van der Waals surface area contributed by atoms with Crippen LogP contribution in [0.2, 0.25) is 0 Å². The number of benzene rings is 1. The lowest BCUT2D eigenvalue weighted by Gasteiger charge is -2.62. The first kappa shape index (κ1) is 33.0. The number of halogens is 6. The second-order valence-corrected chi connectivity index (χ2v) is 16.8. The van der Waals surface area contributed by atoms with Gasteiger partial charge >= 0.3 is 12.4 Å². The molecule has 0 aliphatic heterocycles. The SMILES string of the molecule is C[C@H](C(CC(O)C(F)(F)F)S(=O)(=O)c1ccccc1)[C@H]1CC[C@H]2[C@@H]3CC[C@H]4C[C@](O)(C(F)(F)F)CC[C@]4(C)[C@H]3CC[C@]12C. The maximum atomic E-state index is 13.8. The van der Waals surface area contributed by atoms with E-state index in [9.17, 15) is 45.0 Å². The molecule has 2 N–H and O–H groups in total. The molecule has 1 aromatic carbocycles. The Balaban J connectivity index is 1.41. The zero-order valence-corrected chi connectivity index (χ0v) is 25.8. The fourth-order valence-corrected chi connectivity index (χ4v) is 12.5. The van der Waals surface area contributed by atoms with Crippen molar-refractivity contribution < 1.29 is 45.0 Å². The van der Waals surface area contributed by atoms with Gasteiger partial charge in [-0.05, 0) is 123 Å². The first-order chi connectivity index (χ1) is 19.8. The van der Waals surface area contributed by atoms with E-state index in [1.54, 1.807) is 13.0 Å². The van der Waals surface area contributed by atoms with Gasteiger partial charge in [-0.2, -0.15) is 26.3 Å². The van der Waals surface area contributed by atoms with E-state index < -0.39 is 51.5 Å². The second-order valence-electron chi connectivity index (χ2n) is 14.7. The Morgan fingerprint density at radius 1 is 0.884 bits per heavy atom. The zero-order chi connectivity index (χ0) is 31.8. The van der Waals surface area contributed by atoms with Crippen LogP contribution >= 0.6 is 0 Å². The highest BCUT2D eigenvalue weighted by Gasteiger charge is 2.65. The van der Waals surface area contributed by atoms with Gasteiger partial charge in [-0.3, -0.25) is 0 Å². The minimum Gasteiger partial charge on any atom is -0.384 e. The largest absolute Gasteiger partial charge is 0.417 e. The lowest BCUT2D eigenvalue weighted by Crippen LogP contribution is -2.59. The molecule has 0 aromatic heterocycles. The van der Waals surface area contributed by atoms with E-state index >= 15 is 0 Å². The van der Waals surface area contributed by atoms with Gasteiger partial charge in [-0.25, -0.2) is 8.42 Å². The van der Waals surface area contributed by atoms with Crippen LogP contribution in [0.4, 0.5) is 26.3 Å². The molecule has 4 nitrogen and oxygen atoms in total. The molecule has 1 aromatic rings. The van der Waals surface area contributed by atoms with Crippen LogP contribution in [0.5, 0.6) is 0 Å². The Kier molecular flexibility index (Phi) is 8.37. The quantitative estimate of drug-likeness (QED) is 0.313. The molecule has 11 heteroatoms. The second kappa shape index (κ2) is 10.9. The molecule has 4 saturated carbocycles. The molecule has 11 atom stereocenters. The van der Waals surface area contributed by atoms with Crippen molar-refractivity contribution in [2.75, 3.05) is 0 Å². The Morgan fingerprint density at radius 2 is 1.51 bits per heavy atom. The molecule has 0 radical (unpaired) electrons. The molecule has 0 amide bonds. The van der Waals surface area contributed by atoms with E-state index in [1.807, 2.05) is 0 Å². The van der Waals surface area contributed by atoms with Crippen LogP contribution in [0.25, 0.3) is 0 Å². The van der Waals surface area contributed by atoms with E-state index in [4.69, 9.17) is 0 Å². The predicted octanol–water partition coefficient (Wildman–Crippen LogP) is 7.73. The fourth-order valence-electron chi connectivity index (χ4n) is 10.4. The van der Waals surface area contributed by atoms with Gasteiger partial charge in [0.1, 0.15) is 0 Å². The summed E-state index contributed by atoms with van der Waals surface area (Å²) in [5.41, 5.74) is -3.32. The van der Waals surface area contributed by atoms with Gasteiger partial charge in [0.15, 0.2) is 21.5 Å². The molecule has 0 spiro atoms. The molecule has 43 heavy (non-hydrogen) atoms. The molecule has 0 bridgehead atoms. The highest BCUT2D eigenvalue weighted by Crippen LogP contribution is 2.69. The van der Waals surface area contributed by atoms with Crippen molar-refractivity contribution in [1.82, 2.24) is 0 Å². The molecule has 4 aliphatic carbocycles. The molecule has 0 saturated heterocycles. The lowest BCUT2D eigenvalue weighted by atomic mass is 9.43. The summed E-state index contributed by atoms with van der Waals surface area (Å²) >= 11 is 0. The van der Waals surface area contributed by atoms with Crippen molar-refractivity contribution in [3.05, 3.63) is 30.3 Å². The Morgan fingerprint density at radius 3 is 2.12 bits per heavy atom. The van der Waals surface area contributed by atoms with Gasteiger partial charge in [0.2, 0.25) is 0 Å². The molecule has 0 heterocycles.